The average Bonchev–Trinajstić information content (AvgIpc) is 1.85. The number of aryl methyl sites for hydroxylation is 2. The van der Waals surface area contributed by atoms with E-state index in [1.165, 1.54) is 8.47 Å². The molecule has 6 N–H and O–H groups in total. The number of aromatic nitrogens is 2. The van der Waals surface area contributed by atoms with Gasteiger partial charge in [0.15, 0.2) is 0 Å². The van der Waals surface area contributed by atoms with Crippen molar-refractivity contribution in [3.63, 3.8) is 0 Å². The van der Waals surface area contributed by atoms with Gasteiger partial charge in [0.25, 0.3) is 0 Å². The van der Waals surface area contributed by atoms with Gasteiger partial charge >= 0.3 is 25.4 Å². The zero-order valence-electron chi connectivity index (χ0n) is 52.3. The lowest BCUT2D eigenvalue weighted by molar-refractivity contribution is -0.143. The zero-order chi connectivity index (χ0) is 61.1. The second-order valence-corrected chi connectivity index (χ2v) is 27.0. The molecule has 11 rings (SSSR count). The number of nitrogens with zero attached hydrogens (tertiary/aromatic N) is 6. The predicted molar refractivity (Wildman–Crippen MR) is 368 cm³/mol. The van der Waals surface area contributed by atoms with Gasteiger partial charge in [0.05, 0.1) is 48.8 Å². The quantitative estimate of drug-likeness (QED) is 0.0578. The van der Waals surface area contributed by atoms with E-state index in [1.54, 1.807) is 12.1 Å². The number of likely N-dealkylation sites (tertiary alicyclic amines) is 2. The molecular formula is C62H93BF3IN10O8S3. The van der Waals surface area contributed by atoms with Gasteiger partial charge in [-0.1, -0.05) is 31.0 Å². The van der Waals surface area contributed by atoms with E-state index in [2.05, 4.69) is 104 Å². The number of nitrogens with one attached hydrogen (secondary N) is 4. The fourth-order valence-corrected chi connectivity index (χ4v) is 12.6. The Morgan fingerprint density at radius 1 is 0.648 bits per heavy atom. The van der Waals surface area contributed by atoms with Crippen LogP contribution >= 0.6 is 63.1 Å². The number of benzene rings is 2. The average molecular weight is 1400 g/mol. The molecule has 0 spiro atoms. The van der Waals surface area contributed by atoms with Crippen LogP contribution in [0, 0.1) is 29.3 Å². The van der Waals surface area contributed by atoms with Crippen molar-refractivity contribution in [2.45, 2.75) is 154 Å². The first-order valence-corrected chi connectivity index (χ1v) is 31.3. The summed E-state index contributed by atoms with van der Waals surface area (Å²) in [7, 11) is -0.556. The summed E-state index contributed by atoms with van der Waals surface area (Å²) in [6.07, 6.45) is 0.486. The normalized spacial score (nSPS) is 25.2. The molecular weight excluding hydrogens is 1300 g/mol. The molecule has 2 aromatic heterocycles. The fraction of sp³-hybridized carbons (Fsp3) is 0.613. The Kier molecular flexibility index (Phi) is 25.3. The molecule has 0 unspecified atom stereocenters. The van der Waals surface area contributed by atoms with Crippen molar-refractivity contribution in [3.05, 3.63) is 75.4 Å². The first kappa shape index (κ1) is 72.9. The van der Waals surface area contributed by atoms with Gasteiger partial charge in [0, 0.05) is 85.8 Å². The molecule has 7 aliphatic rings. The second kappa shape index (κ2) is 30.5. The van der Waals surface area contributed by atoms with E-state index < -0.39 is 54.1 Å². The number of ether oxygens (including phenoxy) is 2. The van der Waals surface area contributed by atoms with Crippen LogP contribution in [0.1, 0.15) is 111 Å². The van der Waals surface area contributed by atoms with Gasteiger partial charge in [-0.15, -0.1) is 0 Å². The Morgan fingerprint density at radius 2 is 1.10 bits per heavy atom. The summed E-state index contributed by atoms with van der Waals surface area (Å²) in [5, 5.41) is 32.8. The van der Waals surface area contributed by atoms with E-state index >= 15 is 0 Å². The molecule has 26 heteroatoms. The number of anilines is 6. The Balaban J connectivity index is 0.000000215. The number of hydrogen-bond acceptors (Lipinski definition) is 14. The molecule has 5 aliphatic heterocycles. The molecule has 88 heavy (non-hydrogen) atoms. The van der Waals surface area contributed by atoms with Crippen molar-refractivity contribution < 1.29 is 51.8 Å². The third kappa shape index (κ3) is 19.5. The van der Waals surface area contributed by atoms with Gasteiger partial charge in [-0.2, -0.15) is 53.7 Å². The van der Waals surface area contributed by atoms with E-state index in [1.807, 2.05) is 65.5 Å². The summed E-state index contributed by atoms with van der Waals surface area (Å²) in [6.45, 7) is 26.3. The summed E-state index contributed by atoms with van der Waals surface area (Å²) >= 11 is 2.32. The van der Waals surface area contributed by atoms with Gasteiger partial charge in [0.1, 0.15) is 23.3 Å². The van der Waals surface area contributed by atoms with Crippen LogP contribution < -0.4 is 36.5 Å². The molecule has 4 amide bonds. The fourth-order valence-electron chi connectivity index (χ4n) is 12.1. The smallest absolute Gasteiger partial charge is 0.399 e. The Bertz CT molecular complexity index is 2970. The minimum Gasteiger partial charge on any atom is -0.399 e. The number of urea groups is 2. The van der Waals surface area contributed by atoms with Crippen LogP contribution in [-0.4, -0.2) is 169 Å². The van der Waals surface area contributed by atoms with E-state index in [-0.39, 0.29) is 59.1 Å². The number of rotatable bonds is 12. The van der Waals surface area contributed by atoms with Crippen molar-refractivity contribution in [2.75, 3.05) is 110 Å². The molecule has 18 nitrogen and oxygen atoms in total. The third-order valence-corrected chi connectivity index (χ3v) is 18.4. The minimum absolute atomic E-state index is 0. The maximum absolute atomic E-state index is 12.9. The number of amides is 4. The highest BCUT2D eigenvalue weighted by atomic mass is 127. The predicted octanol–water partition coefficient (Wildman–Crippen LogP) is 10.8. The SMILES string of the molecule is CC1(O)CC(Nc2cc(I)cc(N3CCOCC3)n2)C1.CC[C@@H]1CCN(C(=O)Nc2ccc(C)c(-c3cc(NC4CC(C)(O)C4)nc(N4CCOCC4)c3)c2)C1.Cc1ccc(NC(=O)N2CC[C@@H](CC(F)(F)F)C2)cc1B1OC(C)(C)C(C)(C)O1.S.S.S. The standard InChI is InChI=1S/C28H39N5O3.C20H28BF3N2O3.C14H20IN3O2.3H2S/c1-4-20-7-8-33(18-20)27(34)30-22-6-5-19(2)24(15-22)21-13-25(29-23-16-28(3,35)17-23)31-26(14-21)32-9-11-36-12-10-32;1-13-6-7-15(10-16(13)21-28-18(2,3)19(4,5)29-21)25-17(27)26-9-8-14(12-26)11-20(22,23)24;1-14(19)8-11(9-14)16-12-6-10(15)7-13(17-12)18-2-4-20-5-3-18;;;/h5-6,13-15,20,23,35H,4,7-12,16-18H2,1-3H3,(H,29,31)(H,30,34);6-7,10,14H,8-9,11-12H2,1-5H3,(H,25,27);6-7,11,19H,2-5,8-9H2,1H3,(H,16,17);3*1H2/t20-,23?,28?;14-;;;;/m10..../s1. The first-order valence-electron chi connectivity index (χ1n) is 30.2. The summed E-state index contributed by atoms with van der Waals surface area (Å²) in [6, 6.07) is 20.0. The Morgan fingerprint density at radius 3 is 1.58 bits per heavy atom. The van der Waals surface area contributed by atoms with Crippen molar-refractivity contribution in [1.29, 1.82) is 0 Å². The van der Waals surface area contributed by atoms with Crippen molar-refractivity contribution >= 4 is 122 Å². The summed E-state index contributed by atoms with van der Waals surface area (Å²) in [4.78, 5) is 42.9. The number of morpholine rings is 2. The number of aliphatic hydroxyl groups is 2. The second-order valence-electron chi connectivity index (χ2n) is 25.8. The monoisotopic (exact) mass is 1400 g/mol. The molecule has 5 saturated heterocycles. The molecule has 4 aromatic rings. The van der Waals surface area contributed by atoms with E-state index in [4.69, 9.17) is 28.8 Å². The minimum atomic E-state index is -4.20. The lowest BCUT2D eigenvalue weighted by Crippen LogP contribution is -2.48. The topological polar surface area (TPSA) is 198 Å². The lowest BCUT2D eigenvalue weighted by atomic mass is 9.76. The number of alkyl halides is 3. The van der Waals surface area contributed by atoms with Gasteiger partial charge in [-0.05, 0) is 199 Å². The molecule has 2 saturated carbocycles. The molecule has 2 aliphatic carbocycles. The molecule has 7 heterocycles. The van der Waals surface area contributed by atoms with Crippen LogP contribution in [-0.2, 0) is 18.8 Å². The van der Waals surface area contributed by atoms with Crippen molar-refractivity contribution in [2.24, 2.45) is 11.8 Å². The molecule has 7 fully saturated rings. The molecule has 0 bridgehead atoms. The van der Waals surface area contributed by atoms with Gasteiger partial charge < -0.3 is 69.9 Å². The molecule has 0 radical (unpaired) electrons. The van der Waals surface area contributed by atoms with Crippen LogP contribution in [0.5, 0.6) is 0 Å². The highest BCUT2D eigenvalue weighted by molar-refractivity contribution is 14.1. The number of carbonyl (C=O) groups excluding carboxylic acids is 2. The van der Waals surface area contributed by atoms with Gasteiger partial charge in [-0.3, -0.25) is 0 Å². The largest absolute Gasteiger partial charge is 0.495 e. The number of hydrogen-bond donors (Lipinski definition) is 6. The van der Waals surface area contributed by atoms with Crippen LogP contribution in [0.2, 0.25) is 0 Å². The third-order valence-electron chi connectivity index (χ3n) is 17.8. The van der Waals surface area contributed by atoms with Crippen LogP contribution in [0.15, 0.2) is 60.7 Å². The summed E-state index contributed by atoms with van der Waals surface area (Å²) < 4.78 is 62.0. The zero-order valence-corrected chi connectivity index (χ0v) is 57.5. The Hall–Kier alpha value is -4.13. The summed E-state index contributed by atoms with van der Waals surface area (Å²) in [5.41, 5.74) is 4.34. The number of carbonyl (C=O) groups is 2. The molecule has 488 valence electrons. The van der Waals surface area contributed by atoms with Gasteiger partial charge in [0.2, 0.25) is 0 Å². The highest BCUT2D eigenvalue weighted by Gasteiger charge is 2.52. The summed E-state index contributed by atoms with van der Waals surface area (Å²) in [5.74, 6) is 3.70. The van der Waals surface area contributed by atoms with Gasteiger partial charge in [-0.25, -0.2) is 19.6 Å². The first-order chi connectivity index (χ1) is 40.1. The van der Waals surface area contributed by atoms with E-state index in [0.717, 1.165) is 135 Å². The van der Waals surface area contributed by atoms with E-state index in [9.17, 15) is 33.0 Å². The van der Waals surface area contributed by atoms with E-state index in [0.29, 0.717) is 56.7 Å². The van der Waals surface area contributed by atoms with Crippen LogP contribution in [0.4, 0.5) is 57.4 Å². The number of halogens is 4. The highest BCUT2D eigenvalue weighted by Crippen LogP contribution is 2.39. The van der Waals surface area contributed by atoms with Crippen LogP contribution in [0.3, 0.4) is 0 Å². The lowest BCUT2D eigenvalue weighted by Gasteiger charge is -2.41. The number of pyridine rings is 2. The maximum Gasteiger partial charge on any atom is 0.495 e. The van der Waals surface area contributed by atoms with Crippen LogP contribution in [0.25, 0.3) is 11.1 Å². The van der Waals surface area contributed by atoms with Crippen molar-refractivity contribution in [3.8, 4) is 11.1 Å². The van der Waals surface area contributed by atoms with Crippen molar-refractivity contribution in [1.82, 2.24) is 19.8 Å². The Labute approximate surface area is 552 Å². The maximum atomic E-state index is 12.9. The molecule has 2 atom stereocenters. The molecule has 2 aromatic carbocycles.